The van der Waals surface area contributed by atoms with Crippen LogP contribution in [0.25, 0.3) is 0 Å². The molecule has 1 N–H and O–H groups in total. The number of rotatable bonds is 8. The fourth-order valence-corrected chi connectivity index (χ4v) is 6.34. The summed E-state index contributed by atoms with van der Waals surface area (Å²) in [5, 5.41) is 3.15. The number of hydrogen-bond acceptors (Lipinski definition) is 4. The molecule has 2 aromatic carbocycles. The van der Waals surface area contributed by atoms with Gasteiger partial charge in [0, 0.05) is 12.1 Å². The Hall–Kier alpha value is -3.55. The van der Waals surface area contributed by atoms with E-state index in [1.807, 2.05) is 13.8 Å². The lowest BCUT2D eigenvalue weighted by atomic mass is 9.73. The molecule has 1 saturated carbocycles. The first-order valence-corrected chi connectivity index (χ1v) is 13.6. The molecule has 2 aromatic rings. The Morgan fingerprint density at radius 3 is 2.16 bits per heavy atom. The van der Waals surface area contributed by atoms with Crippen LogP contribution in [0.2, 0.25) is 0 Å². The van der Waals surface area contributed by atoms with Gasteiger partial charge in [0.2, 0.25) is 11.8 Å². The zero-order chi connectivity index (χ0) is 27.2. The molecule has 0 spiro atoms. The van der Waals surface area contributed by atoms with Gasteiger partial charge < -0.3 is 10.2 Å². The number of hydrogen-bond donors (Lipinski definition) is 1. The molecule has 4 amide bonds. The minimum Gasteiger partial charge on any atom is -0.353 e. The van der Waals surface area contributed by atoms with Crippen molar-refractivity contribution >= 4 is 23.6 Å². The summed E-state index contributed by atoms with van der Waals surface area (Å²) in [6.07, 6.45) is 4.05. The minimum absolute atomic E-state index is 0.0684. The number of halogens is 1. The van der Waals surface area contributed by atoms with Crippen molar-refractivity contribution in [2.75, 3.05) is 0 Å². The van der Waals surface area contributed by atoms with E-state index in [0.717, 1.165) is 17.7 Å². The maximum absolute atomic E-state index is 14.3. The molecule has 200 valence electrons. The third-order valence-electron chi connectivity index (χ3n) is 8.71. The highest BCUT2D eigenvalue weighted by Crippen LogP contribution is 2.48. The average molecular weight is 520 g/mol. The Morgan fingerprint density at radius 1 is 0.974 bits per heavy atom. The third-order valence-corrected chi connectivity index (χ3v) is 8.71. The van der Waals surface area contributed by atoms with Crippen molar-refractivity contribution in [2.45, 2.75) is 83.5 Å². The van der Waals surface area contributed by atoms with E-state index in [9.17, 15) is 23.6 Å². The van der Waals surface area contributed by atoms with Crippen molar-refractivity contribution in [1.82, 2.24) is 15.1 Å². The summed E-state index contributed by atoms with van der Waals surface area (Å²) in [7, 11) is 0. The summed E-state index contributed by atoms with van der Waals surface area (Å²) in [5.41, 5.74) is 0.343. The molecule has 5 rings (SSSR count). The molecule has 2 aliphatic heterocycles. The molecule has 7 nitrogen and oxygen atoms in total. The van der Waals surface area contributed by atoms with E-state index in [1.54, 1.807) is 48.2 Å². The molecule has 0 aromatic heterocycles. The highest BCUT2D eigenvalue weighted by molar-refractivity contribution is 6.22. The fraction of sp³-hybridized carbons (Fsp3) is 0.467. The fourth-order valence-electron chi connectivity index (χ4n) is 6.34. The quantitative estimate of drug-likeness (QED) is 0.516. The second kappa shape index (κ2) is 9.97. The van der Waals surface area contributed by atoms with Crippen molar-refractivity contribution in [3.8, 4) is 0 Å². The van der Waals surface area contributed by atoms with Crippen LogP contribution in [0, 0.1) is 11.2 Å². The molecule has 8 heteroatoms. The molecule has 0 radical (unpaired) electrons. The Morgan fingerprint density at radius 2 is 1.61 bits per heavy atom. The first kappa shape index (κ1) is 26.1. The van der Waals surface area contributed by atoms with E-state index in [-0.39, 0.29) is 23.1 Å². The van der Waals surface area contributed by atoms with Crippen molar-refractivity contribution in [2.24, 2.45) is 5.41 Å². The monoisotopic (exact) mass is 519 g/mol. The topological polar surface area (TPSA) is 86.8 Å². The largest absolute Gasteiger partial charge is 0.353 e. The van der Waals surface area contributed by atoms with E-state index in [2.05, 4.69) is 5.32 Å². The number of amides is 4. The van der Waals surface area contributed by atoms with Crippen LogP contribution in [0.5, 0.6) is 0 Å². The number of likely N-dealkylation sites (tertiary alicyclic amines) is 1. The normalized spacial score (nSPS) is 22.0. The summed E-state index contributed by atoms with van der Waals surface area (Å²) >= 11 is 0. The molecule has 0 unspecified atom stereocenters. The first-order valence-electron chi connectivity index (χ1n) is 13.6. The molecule has 2 fully saturated rings. The zero-order valence-corrected chi connectivity index (χ0v) is 22.1. The molecular formula is C30H34FN3O4. The van der Waals surface area contributed by atoms with Gasteiger partial charge in [-0.15, -0.1) is 0 Å². The van der Waals surface area contributed by atoms with Crippen LogP contribution >= 0.6 is 0 Å². The van der Waals surface area contributed by atoms with Gasteiger partial charge in [0.15, 0.2) is 0 Å². The molecule has 3 aliphatic rings. The van der Waals surface area contributed by atoms with Crippen LogP contribution in [0.1, 0.15) is 91.6 Å². The Bertz CT molecular complexity index is 1250. The second-order valence-corrected chi connectivity index (χ2v) is 10.7. The molecule has 38 heavy (non-hydrogen) atoms. The van der Waals surface area contributed by atoms with Crippen LogP contribution in [0.4, 0.5) is 4.39 Å². The van der Waals surface area contributed by atoms with Gasteiger partial charge in [0.1, 0.15) is 11.9 Å². The lowest BCUT2D eigenvalue weighted by molar-refractivity contribution is -0.146. The number of carbonyl (C=O) groups is 4. The molecular weight excluding hydrogens is 485 g/mol. The number of imide groups is 1. The van der Waals surface area contributed by atoms with Crippen molar-refractivity contribution in [3.63, 3.8) is 0 Å². The highest BCUT2D eigenvalue weighted by atomic mass is 19.1. The number of benzene rings is 2. The number of nitrogens with zero attached hydrogens (tertiary/aromatic N) is 2. The highest BCUT2D eigenvalue weighted by Gasteiger charge is 2.54. The van der Waals surface area contributed by atoms with Gasteiger partial charge in [0.05, 0.1) is 22.6 Å². The Balaban J connectivity index is 1.54. The first-order chi connectivity index (χ1) is 18.2. The van der Waals surface area contributed by atoms with E-state index in [0.29, 0.717) is 31.2 Å². The summed E-state index contributed by atoms with van der Waals surface area (Å²) in [4.78, 5) is 57.2. The van der Waals surface area contributed by atoms with Crippen molar-refractivity contribution in [3.05, 3.63) is 71.0 Å². The van der Waals surface area contributed by atoms with Crippen LogP contribution in [0.3, 0.4) is 0 Å². The SMILES string of the molecule is CCC(CC)(C(=O)NC1CC1)[C@H]1CC[C@@H](c2cccc(F)c2)N1C(=O)[C@@H](C)N1C(=O)c2ccccc2C1=O. The second-order valence-electron chi connectivity index (χ2n) is 10.7. The van der Waals surface area contributed by atoms with Crippen molar-refractivity contribution in [1.29, 1.82) is 0 Å². The standard InChI is InChI=1S/C30H34FN3O4/c1-4-30(5-2,29(38)32-21-13-14-21)25-16-15-24(19-9-8-10-20(31)17-19)34(25)26(35)18(3)33-27(36)22-11-6-7-12-23(22)28(33)37/h6-12,17-18,21,24-25H,4-5,13-16H2,1-3H3,(H,32,38)/t18-,24+,25-/m1/s1. The lowest BCUT2D eigenvalue weighted by Gasteiger charge is -2.44. The molecule has 0 bridgehead atoms. The van der Waals surface area contributed by atoms with E-state index >= 15 is 0 Å². The van der Waals surface area contributed by atoms with Gasteiger partial charge in [-0.25, -0.2) is 4.39 Å². The lowest BCUT2D eigenvalue weighted by Crippen LogP contribution is -2.58. The molecule has 3 atom stereocenters. The van der Waals surface area contributed by atoms with Gasteiger partial charge in [0.25, 0.3) is 11.8 Å². The molecule has 2 heterocycles. The summed E-state index contributed by atoms with van der Waals surface area (Å²) < 4.78 is 14.3. The van der Waals surface area contributed by atoms with Crippen molar-refractivity contribution < 1.29 is 23.6 Å². The summed E-state index contributed by atoms with van der Waals surface area (Å²) in [5.74, 6) is -1.90. The maximum Gasteiger partial charge on any atom is 0.262 e. The van der Waals surface area contributed by atoms with E-state index in [1.165, 1.54) is 12.1 Å². The van der Waals surface area contributed by atoms with Gasteiger partial charge in [-0.3, -0.25) is 24.1 Å². The van der Waals surface area contributed by atoms with Crippen LogP contribution < -0.4 is 5.32 Å². The van der Waals surface area contributed by atoms with Gasteiger partial charge in [-0.1, -0.05) is 38.1 Å². The number of fused-ring (bicyclic) bond motifs is 1. The Kier molecular flexibility index (Phi) is 6.84. The minimum atomic E-state index is -1.09. The van der Waals surface area contributed by atoms with E-state index < -0.39 is 47.1 Å². The number of nitrogens with one attached hydrogen (secondary N) is 1. The predicted molar refractivity (Wildman–Crippen MR) is 140 cm³/mol. The average Bonchev–Trinajstić information content (AvgIpc) is 3.56. The smallest absolute Gasteiger partial charge is 0.262 e. The molecule has 1 saturated heterocycles. The molecule has 1 aliphatic carbocycles. The van der Waals surface area contributed by atoms with Gasteiger partial charge in [-0.2, -0.15) is 0 Å². The summed E-state index contributed by atoms with van der Waals surface area (Å²) in [6, 6.07) is 10.9. The number of carbonyl (C=O) groups excluding carboxylic acids is 4. The van der Waals surface area contributed by atoms with Gasteiger partial charge >= 0.3 is 0 Å². The predicted octanol–water partition coefficient (Wildman–Crippen LogP) is 4.63. The zero-order valence-electron chi connectivity index (χ0n) is 22.1. The maximum atomic E-state index is 14.3. The summed E-state index contributed by atoms with van der Waals surface area (Å²) in [6.45, 7) is 5.48. The Labute approximate surface area is 222 Å². The van der Waals surface area contributed by atoms with Gasteiger partial charge in [-0.05, 0) is 75.3 Å². The van der Waals surface area contributed by atoms with Crippen LogP contribution in [-0.4, -0.2) is 51.6 Å². The van der Waals surface area contributed by atoms with E-state index in [4.69, 9.17) is 0 Å². The van der Waals surface area contributed by atoms with Crippen LogP contribution in [0.15, 0.2) is 48.5 Å². The van der Waals surface area contributed by atoms with Crippen LogP contribution in [-0.2, 0) is 9.59 Å². The third kappa shape index (κ3) is 4.20.